The van der Waals surface area contributed by atoms with Gasteiger partial charge < -0.3 is 4.90 Å². The number of hydrogen-bond donors (Lipinski definition) is 1. The van der Waals surface area contributed by atoms with Crippen LogP contribution in [0.4, 0.5) is 11.4 Å². The molecule has 1 amide bonds. The quantitative estimate of drug-likeness (QED) is 0.871. The number of carbonyl (C=O) groups excluding carboxylic acids is 1. The molecule has 0 aromatic heterocycles. The summed E-state index contributed by atoms with van der Waals surface area (Å²) in [5.74, 6) is -0.0240. The minimum Gasteiger partial charge on any atom is -0.310 e. The van der Waals surface area contributed by atoms with E-state index in [0.717, 1.165) is 22.6 Å². The summed E-state index contributed by atoms with van der Waals surface area (Å²) in [5, 5.41) is 0.301. The molecule has 2 heterocycles. The molecule has 2 aliphatic heterocycles. The van der Waals surface area contributed by atoms with Crippen LogP contribution in [0.25, 0.3) is 0 Å². The molecule has 136 valence electrons. The van der Waals surface area contributed by atoms with Crippen LogP contribution in [0.5, 0.6) is 0 Å². The fourth-order valence-corrected chi connectivity index (χ4v) is 5.99. The van der Waals surface area contributed by atoms with Crippen molar-refractivity contribution in [2.75, 3.05) is 16.2 Å². The van der Waals surface area contributed by atoms with Crippen LogP contribution in [-0.2, 0) is 27.7 Å². The molecule has 1 N–H and O–H groups in total. The van der Waals surface area contributed by atoms with Gasteiger partial charge in [0, 0.05) is 27.9 Å². The van der Waals surface area contributed by atoms with Gasteiger partial charge in [-0.1, -0.05) is 26.0 Å². The van der Waals surface area contributed by atoms with E-state index in [1.807, 2.05) is 31.2 Å². The van der Waals surface area contributed by atoms with Gasteiger partial charge >= 0.3 is 0 Å². The monoisotopic (exact) mass is 388 g/mol. The van der Waals surface area contributed by atoms with E-state index >= 15 is 0 Å². The van der Waals surface area contributed by atoms with E-state index in [9.17, 15) is 13.2 Å². The smallest absolute Gasteiger partial charge is 0.262 e. The molecule has 0 unspecified atom stereocenters. The van der Waals surface area contributed by atoms with E-state index in [1.165, 1.54) is 0 Å². The maximum absolute atomic E-state index is 13.0. The molecule has 0 spiro atoms. The fourth-order valence-electron chi connectivity index (χ4n) is 3.55. The maximum Gasteiger partial charge on any atom is 0.262 e. The number of thioether (sulfide) groups is 1. The highest BCUT2D eigenvalue weighted by Crippen LogP contribution is 2.46. The second kappa shape index (κ2) is 6.32. The van der Waals surface area contributed by atoms with Crippen LogP contribution in [0.15, 0.2) is 46.2 Å². The number of nitrogens with one attached hydrogen (secondary N) is 1. The van der Waals surface area contributed by atoms with Crippen molar-refractivity contribution in [1.82, 2.24) is 0 Å². The topological polar surface area (TPSA) is 66.5 Å². The lowest BCUT2D eigenvalue weighted by Gasteiger charge is -2.29. The lowest BCUT2D eigenvalue weighted by Crippen LogP contribution is -2.35. The minimum atomic E-state index is -3.76. The van der Waals surface area contributed by atoms with Gasteiger partial charge in [-0.3, -0.25) is 9.52 Å². The van der Waals surface area contributed by atoms with Crippen LogP contribution in [0.2, 0.25) is 0 Å². The first kappa shape index (κ1) is 17.4. The van der Waals surface area contributed by atoms with Crippen molar-refractivity contribution in [2.45, 2.75) is 41.7 Å². The van der Waals surface area contributed by atoms with Gasteiger partial charge in [0.2, 0.25) is 5.91 Å². The Bertz CT molecular complexity index is 1000. The average Bonchev–Trinajstić information content (AvgIpc) is 2.92. The summed E-state index contributed by atoms with van der Waals surface area (Å²) in [5.41, 5.74) is 3.00. The highest BCUT2D eigenvalue weighted by Gasteiger charge is 2.38. The van der Waals surface area contributed by atoms with Crippen molar-refractivity contribution in [3.63, 3.8) is 0 Å². The molecule has 0 fully saturated rings. The van der Waals surface area contributed by atoms with Crippen LogP contribution in [0.1, 0.15) is 25.0 Å². The van der Waals surface area contributed by atoms with E-state index < -0.39 is 10.0 Å². The number of anilines is 2. The number of hydrogen-bond acceptors (Lipinski definition) is 4. The zero-order chi connectivity index (χ0) is 18.5. The summed E-state index contributed by atoms with van der Waals surface area (Å²) < 4.78 is 28.7. The lowest BCUT2D eigenvalue weighted by atomic mass is 10.1. The molecule has 4 rings (SSSR count). The van der Waals surface area contributed by atoms with E-state index in [-0.39, 0.29) is 17.2 Å². The van der Waals surface area contributed by atoms with Gasteiger partial charge in [0.1, 0.15) is 0 Å². The third-order valence-corrected chi connectivity index (χ3v) is 7.35. The van der Waals surface area contributed by atoms with Gasteiger partial charge in [0.25, 0.3) is 10.0 Å². The first-order valence-electron chi connectivity index (χ1n) is 8.63. The zero-order valence-corrected chi connectivity index (χ0v) is 16.3. The van der Waals surface area contributed by atoms with Crippen molar-refractivity contribution in [3.05, 3.63) is 47.5 Å². The van der Waals surface area contributed by atoms with Gasteiger partial charge in [-0.05, 0) is 36.2 Å². The molecule has 0 bridgehead atoms. The number of carbonyl (C=O) groups is 1. The number of rotatable bonds is 4. The number of amides is 1. The van der Waals surface area contributed by atoms with Crippen molar-refractivity contribution >= 4 is 39.1 Å². The molecule has 0 saturated heterocycles. The Morgan fingerprint density at radius 2 is 2.08 bits per heavy atom. The average molecular weight is 389 g/mol. The molecule has 1 atom stereocenters. The van der Waals surface area contributed by atoms with Gasteiger partial charge in [-0.15, -0.1) is 11.8 Å². The molecule has 0 radical (unpaired) electrons. The predicted molar refractivity (Wildman–Crippen MR) is 104 cm³/mol. The Balaban J connectivity index is 1.76. The molecule has 2 aliphatic rings. The molecular weight excluding hydrogens is 368 g/mol. The lowest BCUT2D eigenvalue weighted by molar-refractivity contribution is -0.117. The van der Waals surface area contributed by atoms with E-state index in [2.05, 4.69) is 11.6 Å². The highest BCUT2D eigenvalue weighted by atomic mass is 32.2. The first-order chi connectivity index (χ1) is 12.4. The molecular formula is C19H20N2O3S2. The second-order valence-electron chi connectivity index (χ2n) is 6.66. The van der Waals surface area contributed by atoms with Crippen LogP contribution < -0.4 is 9.62 Å². The molecule has 7 heteroatoms. The highest BCUT2D eigenvalue weighted by molar-refractivity contribution is 8.00. The van der Waals surface area contributed by atoms with Crippen molar-refractivity contribution in [3.8, 4) is 0 Å². The normalized spacial score (nSPS) is 18.8. The molecule has 2 aromatic carbocycles. The summed E-state index contributed by atoms with van der Waals surface area (Å²) in [6, 6.07) is 10.8. The largest absolute Gasteiger partial charge is 0.310 e. The summed E-state index contributed by atoms with van der Waals surface area (Å²) in [6.45, 7) is 4.72. The van der Waals surface area contributed by atoms with Crippen molar-refractivity contribution < 1.29 is 13.2 Å². The summed E-state index contributed by atoms with van der Waals surface area (Å²) in [6.07, 6.45) is 0.972. The van der Waals surface area contributed by atoms with Gasteiger partial charge in [-0.2, -0.15) is 0 Å². The summed E-state index contributed by atoms with van der Waals surface area (Å²) in [4.78, 5) is 15.3. The predicted octanol–water partition coefficient (Wildman–Crippen LogP) is 3.43. The Kier molecular flexibility index (Phi) is 4.23. The van der Waals surface area contributed by atoms with Crippen LogP contribution in [0, 0.1) is 0 Å². The van der Waals surface area contributed by atoms with Crippen LogP contribution in [-0.4, -0.2) is 26.1 Å². The molecule has 5 nitrogen and oxygen atoms in total. The number of benzene rings is 2. The molecule has 0 saturated carbocycles. The Hall–Kier alpha value is -1.99. The Morgan fingerprint density at radius 1 is 1.27 bits per heavy atom. The third-order valence-electron chi connectivity index (χ3n) is 4.75. The first-order valence-corrected chi connectivity index (χ1v) is 11.0. The fraction of sp³-hybridized carbons (Fsp3) is 0.316. The Morgan fingerprint density at radius 3 is 2.85 bits per heavy atom. The van der Waals surface area contributed by atoms with Gasteiger partial charge in [-0.25, -0.2) is 8.42 Å². The van der Waals surface area contributed by atoms with Crippen LogP contribution >= 0.6 is 11.8 Å². The van der Waals surface area contributed by atoms with Crippen LogP contribution in [0.3, 0.4) is 0 Å². The molecule has 26 heavy (non-hydrogen) atoms. The van der Waals surface area contributed by atoms with Gasteiger partial charge in [0.05, 0.1) is 17.0 Å². The molecule has 0 aliphatic carbocycles. The van der Waals surface area contributed by atoms with E-state index in [1.54, 1.807) is 28.8 Å². The minimum absolute atomic E-state index is 0.0240. The maximum atomic E-state index is 13.0. The molecule has 2 aromatic rings. The summed E-state index contributed by atoms with van der Waals surface area (Å²) >= 11 is 1.69. The number of sulfonamides is 1. The summed E-state index contributed by atoms with van der Waals surface area (Å²) in [7, 11) is -3.76. The van der Waals surface area contributed by atoms with E-state index in [0.29, 0.717) is 23.0 Å². The van der Waals surface area contributed by atoms with Crippen molar-refractivity contribution in [1.29, 1.82) is 0 Å². The van der Waals surface area contributed by atoms with Crippen molar-refractivity contribution in [2.24, 2.45) is 0 Å². The number of nitrogens with zero attached hydrogens (tertiary/aromatic N) is 1. The zero-order valence-electron chi connectivity index (χ0n) is 14.7. The van der Waals surface area contributed by atoms with E-state index in [4.69, 9.17) is 0 Å². The second-order valence-corrected chi connectivity index (χ2v) is 9.79. The van der Waals surface area contributed by atoms with Gasteiger partial charge in [0.15, 0.2) is 0 Å². The number of aryl methyl sites for hydroxylation is 1. The SMILES string of the molecule is CCc1cccc(NS(=O)(=O)c2ccc3c4c2CC(=O)N4C[C@H](C)S3)c1. The standard InChI is InChI=1S/C19H20N2O3S2/c1-3-13-5-4-6-14(9-13)20-26(23,24)17-8-7-16-19-15(17)10-18(22)21(19)11-12(2)25-16/h4-9,12,20H,3,10-11H2,1-2H3/t12-/m0/s1. The third kappa shape index (κ3) is 2.89. The Labute approximate surface area is 157 Å².